The highest BCUT2D eigenvalue weighted by atomic mass is 32.2. The van der Waals surface area contributed by atoms with Crippen LogP contribution < -0.4 is 10.1 Å². The van der Waals surface area contributed by atoms with E-state index in [0.717, 1.165) is 22.7 Å². The average Bonchev–Trinajstić information content (AvgIpc) is 3.02. The molecule has 26 heavy (non-hydrogen) atoms. The molecule has 0 aliphatic carbocycles. The van der Waals surface area contributed by atoms with Crippen molar-refractivity contribution in [3.05, 3.63) is 45.9 Å². The monoisotopic (exact) mass is 394 g/mol. The molecular formula is C17H22N4O3S2. The molecule has 0 saturated heterocycles. The molecule has 0 bridgehead atoms. The van der Waals surface area contributed by atoms with E-state index in [2.05, 4.69) is 20.2 Å². The summed E-state index contributed by atoms with van der Waals surface area (Å²) < 4.78 is 26.6. The molecule has 0 radical (unpaired) electrons. The smallest absolute Gasteiger partial charge is 0.246 e. The summed E-state index contributed by atoms with van der Waals surface area (Å²) in [6.45, 7) is 5.92. The first-order valence-corrected chi connectivity index (χ1v) is 10.5. The first-order valence-electron chi connectivity index (χ1n) is 8.16. The Kier molecular flexibility index (Phi) is 7.01. The summed E-state index contributed by atoms with van der Waals surface area (Å²) in [5.74, 6) is -0.248. The number of hydrogen-bond acceptors (Lipinski definition) is 6. The van der Waals surface area contributed by atoms with E-state index in [9.17, 15) is 13.2 Å². The van der Waals surface area contributed by atoms with Crippen LogP contribution in [0.3, 0.4) is 0 Å². The highest BCUT2D eigenvalue weighted by molar-refractivity contribution is 7.89. The van der Waals surface area contributed by atoms with E-state index in [1.807, 2.05) is 19.2 Å². The van der Waals surface area contributed by atoms with Crippen molar-refractivity contribution in [1.82, 2.24) is 15.1 Å². The molecule has 2 N–H and O–H groups in total. The number of carbonyl (C=O) groups excluding carboxylic acids is 1. The fourth-order valence-corrected chi connectivity index (χ4v) is 3.97. The van der Waals surface area contributed by atoms with Crippen LogP contribution in [0.2, 0.25) is 0 Å². The molecule has 1 aromatic heterocycles. The summed E-state index contributed by atoms with van der Waals surface area (Å²) in [5, 5.41) is 6.70. The van der Waals surface area contributed by atoms with E-state index < -0.39 is 10.0 Å². The van der Waals surface area contributed by atoms with E-state index in [0.29, 0.717) is 12.3 Å². The number of nitrogens with zero attached hydrogens (tertiary/aromatic N) is 2. The van der Waals surface area contributed by atoms with Crippen LogP contribution in [-0.2, 0) is 21.2 Å². The quantitative estimate of drug-likeness (QED) is 0.529. The number of aryl methyl sites for hydroxylation is 1. The van der Waals surface area contributed by atoms with E-state index in [-0.39, 0.29) is 17.2 Å². The molecule has 1 amide bonds. The SMILES string of the molecule is CCCNS(=O)(=O)c1ccc(/C(C)=N\NC(=O)Cc2nc(C)cs2)cc1. The lowest BCUT2D eigenvalue weighted by atomic mass is 10.1. The number of amides is 1. The van der Waals surface area contributed by atoms with Crippen LogP contribution in [0.25, 0.3) is 0 Å². The van der Waals surface area contributed by atoms with Gasteiger partial charge in [-0.2, -0.15) is 5.10 Å². The summed E-state index contributed by atoms with van der Waals surface area (Å²) >= 11 is 1.43. The van der Waals surface area contributed by atoms with Gasteiger partial charge in [-0.25, -0.2) is 23.5 Å². The zero-order valence-corrected chi connectivity index (χ0v) is 16.6. The lowest BCUT2D eigenvalue weighted by Gasteiger charge is -2.07. The summed E-state index contributed by atoms with van der Waals surface area (Å²) in [6, 6.07) is 6.37. The van der Waals surface area contributed by atoms with Gasteiger partial charge < -0.3 is 0 Å². The zero-order valence-electron chi connectivity index (χ0n) is 14.9. The van der Waals surface area contributed by atoms with E-state index in [4.69, 9.17) is 0 Å². The number of nitrogens with one attached hydrogen (secondary N) is 2. The topological polar surface area (TPSA) is 101 Å². The van der Waals surface area contributed by atoms with Gasteiger partial charge >= 0.3 is 0 Å². The highest BCUT2D eigenvalue weighted by Gasteiger charge is 2.13. The maximum absolute atomic E-state index is 12.1. The molecule has 0 saturated carbocycles. The number of benzene rings is 1. The number of hydrazone groups is 1. The molecule has 0 fully saturated rings. The Morgan fingerprint density at radius 3 is 2.54 bits per heavy atom. The third-order valence-corrected chi connectivity index (χ3v) is 5.89. The number of rotatable bonds is 8. The second-order valence-corrected chi connectivity index (χ2v) is 8.42. The van der Waals surface area contributed by atoms with Crippen LogP contribution in [0.5, 0.6) is 0 Å². The molecule has 0 aliphatic heterocycles. The molecule has 2 aromatic rings. The van der Waals surface area contributed by atoms with Crippen molar-refractivity contribution in [3.63, 3.8) is 0 Å². The first kappa shape index (κ1) is 20.2. The maximum atomic E-state index is 12.1. The lowest BCUT2D eigenvalue weighted by molar-refractivity contribution is -0.120. The van der Waals surface area contributed by atoms with Gasteiger partial charge in [-0.3, -0.25) is 4.79 Å². The molecule has 0 atom stereocenters. The van der Waals surface area contributed by atoms with Crippen molar-refractivity contribution in [1.29, 1.82) is 0 Å². The molecule has 0 spiro atoms. The maximum Gasteiger partial charge on any atom is 0.246 e. The predicted octanol–water partition coefficient (Wildman–Crippen LogP) is 2.22. The van der Waals surface area contributed by atoms with Crippen molar-refractivity contribution >= 4 is 33.0 Å². The summed E-state index contributed by atoms with van der Waals surface area (Å²) in [7, 11) is -3.49. The van der Waals surface area contributed by atoms with Crippen LogP contribution in [0, 0.1) is 6.92 Å². The van der Waals surface area contributed by atoms with Crippen molar-refractivity contribution < 1.29 is 13.2 Å². The lowest BCUT2D eigenvalue weighted by Crippen LogP contribution is -2.24. The molecule has 7 nitrogen and oxygen atoms in total. The second kappa shape index (κ2) is 9.02. The minimum Gasteiger partial charge on any atom is -0.273 e. The molecule has 9 heteroatoms. The number of carbonyl (C=O) groups is 1. The molecular weight excluding hydrogens is 372 g/mol. The number of aromatic nitrogens is 1. The molecule has 1 aromatic carbocycles. The standard InChI is InChI=1S/C17H22N4O3S2/c1-4-9-18-26(23,24)15-7-5-14(6-8-15)13(3)20-21-16(22)10-17-19-12(2)11-25-17/h5-8,11,18H,4,9-10H2,1-3H3,(H,21,22)/b20-13-. The number of sulfonamides is 1. The minimum absolute atomic E-state index is 0.176. The van der Waals surface area contributed by atoms with Crippen LogP contribution >= 0.6 is 11.3 Å². The average molecular weight is 395 g/mol. The summed E-state index contributed by atoms with van der Waals surface area (Å²) in [5.41, 5.74) is 4.70. The highest BCUT2D eigenvalue weighted by Crippen LogP contribution is 2.12. The van der Waals surface area contributed by atoms with Gasteiger partial charge in [0.25, 0.3) is 0 Å². The fraction of sp³-hybridized carbons (Fsp3) is 0.353. The van der Waals surface area contributed by atoms with Gasteiger partial charge in [0.2, 0.25) is 15.9 Å². The Labute approximate surface area is 157 Å². The Morgan fingerprint density at radius 2 is 1.96 bits per heavy atom. The van der Waals surface area contributed by atoms with Crippen LogP contribution in [0.4, 0.5) is 0 Å². The molecule has 140 valence electrons. The number of hydrogen-bond donors (Lipinski definition) is 2. The molecule has 0 aliphatic rings. The van der Waals surface area contributed by atoms with Gasteiger partial charge in [0.05, 0.1) is 17.0 Å². The third kappa shape index (κ3) is 5.72. The van der Waals surface area contributed by atoms with Crippen molar-refractivity contribution in [2.24, 2.45) is 5.10 Å². The van der Waals surface area contributed by atoms with Crippen LogP contribution in [0.15, 0.2) is 39.6 Å². The van der Waals surface area contributed by atoms with Gasteiger partial charge in [-0.1, -0.05) is 19.1 Å². The van der Waals surface area contributed by atoms with Gasteiger partial charge in [0.1, 0.15) is 5.01 Å². The molecule has 1 heterocycles. The molecule has 0 unspecified atom stereocenters. The minimum atomic E-state index is -3.49. The third-order valence-electron chi connectivity index (χ3n) is 3.45. The summed E-state index contributed by atoms with van der Waals surface area (Å²) in [4.78, 5) is 16.3. The Balaban J connectivity index is 1.99. The van der Waals surface area contributed by atoms with Gasteiger partial charge in [0.15, 0.2) is 0 Å². The second-order valence-electron chi connectivity index (χ2n) is 5.71. The number of thiazole rings is 1. The van der Waals surface area contributed by atoms with Crippen LogP contribution in [0.1, 0.15) is 36.5 Å². The molecule has 2 rings (SSSR count). The fourth-order valence-electron chi connectivity index (χ4n) is 2.07. The van der Waals surface area contributed by atoms with E-state index in [1.54, 1.807) is 19.1 Å². The van der Waals surface area contributed by atoms with Crippen molar-refractivity contribution in [2.75, 3.05) is 6.54 Å². The Hall–Kier alpha value is -2.10. The normalized spacial score (nSPS) is 12.2. The van der Waals surface area contributed by atoms with Crippen molar-refractivity contribution in [3.8, 4) is 0 Å². The van der Waals surface area contributed by atoms with E-state index in [1.165, 1.54) is 23.5 Å². The summed E-state index contributed by atoms with van der Waals surface area (Å²) in [6.07, 6.45) is 0.902. The zero-order chi connectivity index (χ0) is 19.2. The van der Waals surface area contributed by atoms with Gasteiger partial charge in [0, 0.05) is 17.6 Å². The predicted molar refractivity (Wildman–Crippen MR) is 103 cm³/mol. The van der Waals surface area contributed by atoms with Crippen LogP contribution in [-0.4, -0.2) is 31.6 Å². The largest absolute Gasteiger partial charge is 0.273 e. The van der Waals surface area contributed by atoms with Crippen molar-refractivity contribution in [2.45, 2.75) is 38.5 Å². The Morgan fingerprint density at radius 1 is 1.27 bits per heavy atom. The van der Waals surface area contributed by atoms with Gasteiger partial charge in [-0.05, 0) is 38.0 Å². The Bertz CT molecular complexity index is 887. The van der Waals surface area contributed by atoms with Gasteiger partial charge in [-0.15, -0.1) is 11.3 Å². The van der Waals surface area contributed by atoms with E-state index >= 15 is 0 Å². The first-order chi connectivity index (χ1) is 12.3.